The number of thioether (sulfide) groups is 1. The van der Waals surface area contributed by atoms with E-state index in [0.29, 0.717) is 10.6 Å². The second kappa shape index (κ2) is 7.53. The summed E-state index contributed by atoms with van der Waals surface area (Å²) in [4.78, 5) is 17.7. The molecule has 1 aliphatic heterocycles. The van der Waals surface area contributed by atoms with Crippen molar-refractivity contribution in [3.8, 4) is 6.07 Å². The molecule has 1 amide bonds. The van der Waals surface area contributed by atoms with Crippen LogP contribution in [0.2, 0.25) is 0 Å². The summed E-state index contributed by atoms with van der Waals surface area (Å²) in [6.07, 6.45) is 5.38. The van der Waals surface area contributed by atoms with Crippen LogP contribution in [0.5, 0.6) is 0 Å². The molecular weight excluding hydrogens is 356 g/mol. The van der Waals surface area contributed by atoms with Gasteiger partial charge in [-0.25, -0.2) is 4.98 Å². The molecule has 0 N–H and O–H groups in total. The van der Waals surface area contributed by atoms with Gasteiger partial charge in [0, 0.05) is 5.69 Å². The summed E-state index contributed by atoms with van der Waals surface area (Å²) in [7, 11) is 0. The zero-order chi connectivity index (χ0) is 18.8. The maximum absolute atomic E-state index is 12.9. The maximum atomic E-state index is 12.9. The standard InChI is InChI=1S/C21H20N4OS/c1-14-19(21(26)25(24-14)17-9-5-3-6-10-17)27-20-16(13-22)12-15-8-4-2-7-11-18(15)23-20/h3,5-6,9-10,12,19H,2,4,7-8,11H2,1H3/t19-/m0/s1. The van der Waals surface area contributed by atoms with Crippen LogP contribution in [-0.2, 0) is 17.6 Å². The predicted molar refractivity (Wildman–Crippen MR) is 107 cm³/mol. The molecule has 0 radical (unpaired) electrons. The fraction of sp³-hybridized carbons (Fsp3) is 0.333. The molecular formula is C21H20N4OS. The van der Waals surface area contributed by atoms with Crippen molar-refractivity contribution in [3.63, 3.8) is 0 Å². The van der Waals surface area contributed by atoms with Crippen LogP contribution >= 0.6 is 11.8 Å². The Kier molecular flexibility index (Phi) is 4.95. The molecule has 5 nitrogen and oxygen atoms in total. The van der Waals surface area contributed by atoms with Crippen LogP contribution in [0.1, 0.15) is 43.0 Å². The molecule has 0 unspecified atom stereocenters. The summed E-state index contributed by atoms with van der Waals surface area (Å²) in [6.45, 7) is 1.86. The number of carbonyl (C=O) groups is 1. The highest BCUT2D eigenvalue weighted by atomic mass is 32.2. The minimum atomic E-state index is -0.450. The largest absolute Gasteiger partial charge is 0.271 e. The van der Waals surface area contributed by atoms with E-state index in [1.165, 1.54) is 28.8 Å². The molecule has 6 heteroatoms. The van der Waals surface area contributed by atoms with Gasteiger partial charge in [-0.05, 0) is 56.4 Å². The molecule has 2 aromatic rings. The van der Waals surface area contributed by atoms with Crippen molar-refractivity contribution in [2.24, 2.45) is 5.10 Å². The molecule has 0 bridgehead atoms. The number of aryl methyl sites for hydroxylation is 2. The van der Waals surface area contributed by atoms with Gasteiger partial charge < -0.3 is 0 Å². The summed E-state index contributed by atoms with van der Waals surface area (Å²) >= 11 is 1.34. The number of aromatic nitrogens is 1. The third-order valence-corrected chi connectivity index (χ3v) is 6.25. The summed E-state index contributed by atoms with van der Waals surface area (Å²) in [6, 6.07) is 13.6. The van der Waals surface area contributed by atoms with Gasteiger partial charge in [0.15, 0.2) is 0 Å². The van der Waals surface area contributed by atoms with Crippen LogP contribution in [0, 0.1) is 11.3 Å². The molecule has 1 aliphatic carbocycles. The van der Waals surface area contributed by atoms with E-state index in [1.54, 1.807) is 0 Å². The van der Waals surface area contributed by atoms with Crippen LogP contribution in [0.4, 0.5) is 5.69 Å². The SMILES string of the molecule is CC1=NN(c2ccccc2)C(=O)[C@H]1Sc1nc2c(cc1C#N)CCCCC2. The molecule has 1 aromatic carbocycles. The van der Waals surface area contributed by atoms with Gasteiger partial charge in [0.2, 0.25) is 0 Å². The van der Waals surface area contributed by atoms with Crippen LogP contribution < -0.4 is 5.01 Å². The first-order valence-electron chi connectivity index (χ1n) is 9.21. The van der Waals surface area contributed by atoms with Crippen molar-refractivity contribution < 1.29 is 4.79 Å². The van der Waals surface area contributed by atoms with E-state index in [4.69, 9.17) is 4.98 Å². The number of hydrogen-bond donors (Lipinski definition) is 0. The summed E-state index contributed by atoms with van der Waals surface area (Å²) in [5.74, 6) is -0.0932. The average Bonchev–Trinajstić information content (AvgIpc) is 2.86. The van der Waals surface area contributed by atoms with Gasteiger partial charge in [0.05, 0.1) is 17.0 Å². The number of hydrazone groups is 1. The Morgan fingerprint density at radius 1 is 1.19 bits per heavy atom. The number of para-hydroxylation sites is 1. The number of hydrogen-bond acceptors (Lipinski definition) is 5. The molecule has 0 spiro atoms. The van der Waals surface area contributed by atoms with E-state index in [9.17, 15) is 10.1 Å². The lowest BCUT2D eigenvalue weighted by molar-refractivity contribution is -0.116. The summed E-state index contributed by atoms with van der Waals surface area (Å²) in [5, 5.41) is 15.7. The number of rotatable bonds is 3. The van der Waals surface area contributed by atoms with E-state index >= 15 is 0 Å². The Hall–Kier alpha value is -2.65. The minimum absolute atomic E-state index is 0.0932. The topological polar surface area (TPSA) is 69.3 Å². The highest BCUT2D eigenvalue weighted by molar-refractivity contribution is 8.01. The summed E-state index contributed by atoms with van der Waals surface area (Å²) in [5.41, 5.74) is 4.30. The van der Waals surface area contributed by atoms with Crippen molar-refractivity contribution in [2.45, 2.75) is 49.3 Å². The Morgan fingerprint density at radius 2 is 1.96 bits per heavy atom. The fourth-order valence-corrected chi connectivity index (χ4v) is 4.55. The third-order valence-electron chi connectivity index (χ3n) is 4.94. The Bertz CT molecular complexity index is 949. The molecule has 1 aromatic heterocycles. The van der Waals surface area contributed by atoms with Crippen LogP contribution in [0.15, 0.2) is 46.5 Å². The number of anilines is 1. The molecule has 1 atom stereocenters. The zero-order valence-corrected chi connectivity index (χ0v) is 16.0. The predicted octanol–water partition coefficient (Wildman–Crippen LogP) is 4.11. The van der Waals surface area contributed by atoms with Crippen molar-refractivity contribution in [3.05, 3.63) is 53.2 Å². The number of carbonyl (C=O) groups excluding carboxylic acids is 1. The third kappa shape index (κ3) is 3.47. The second-order valence-electron chi connectivity index (χ2n) is 6.84. The van der Waals surface area contributed by atoms with Gasteiger partial charge in [-0.3, -0.25) is 4.79 Å². The van der Waals surface area contributed by atoms with Crippen LogP contribution in [0.3, 0.4) is 0 Å². The zero-order valence-electron chi connectivity index (χ0n) is 15.2. The molecule has 0 saturated heterocycles. The highest BCUT2D eigenvalue weighted by Crippen LogP contribution is 2.34. The Labute approximate surface area is 163 Å². The molecule has 0 saturated carbocycles. The van der Waals surface area contributed by atoms with Gasteiger partial charge in [0.25, 0.3) is 5.91 Å². The van der Waals surface area contributed by atoms with Gasteiger partial charge in [-0.1, -0.05) is 36.4 Å². The van der Waals surface area contributed by atoms with Crippen molar-refractivity contribution in [1.82, 2.24) is 4.98 Å². The number of pyridine rings is 1. The van der Waals surface area contributed by atoms with E-state index in [1.807, 2.05) is 43.3 Å². The first kappa shape index (κ1) is 17.7. The van der Waals surface area contributed by atoms with Crippen LogP contribution in [0.25, 0.3) is 0 Å². The summed E-state index contributed by atoms with van der Waals surface area (Å²) < 4.78 is 0. The smallest absolute Gasteiger partial charge is 0.266 e. The molecule has 4 rings (SSSR count). The van der Waals surface area contributed by atoms with Gasteiger partial charge in [0.1, 0.15) is 16.3 Å². The first-order valence-corrected chi connectivity index (χ1v) is 10.1. The Balaban J connectivity index is 1.63. The van der Waals surface area contributed by atoms with Gasteiger partial charge in [-0.2, -0.15) is 15.4 Å². The quantitative estimate of drug-likeness (QED) is 0.756. The average molecular weight is 376 g/mol. The lowest BCUT2D eigenvalue weighted by atomic mass is 10.1. The lowest BCUT2D eigenvalue weighted by Gasteiger charge is -2.15. The van der Waals surface area contributed by atoms with Crippen LogP contribution in [-0.4, -0.2) is 21.9 Å². The van der Waals surface area contributed by atoms with Gasteiger partial charge in [-0.15, -0.1) is 0 Å². The van der Waals surface area contributed by atoms with E-state index in [0.717, 1.165) is 42.8 Å². The second-order valence-corrected chi connectivity index (χ2v) is 7.94. The monoisotopic (exact) mass is 376 g/mol. The number of fused-ring (bicyclic) bond motifs is 1. The maximum Gasteiger partial charge on any atom is 0.266 e. The lowest BCUT2D eigenvalue weighted by Crippen LogP contribution is -2.29. The van der Waals surface area contributed by atoms with Crippen molar-refractivity contribution >= 4 is 29.1 Å². The molecule has 2 aliphatic rings. The van der Waals surface area contributed by atoms with E-state index < -0.39 is 5.25 Å². The Morgan fingerprint density at radius 3 is 2.74 bits per heavy atom. The highest BCUT2D eigenvalue weighted by Gasteiger charge is 2.36. The normalized spacial score (nSPS) is 19.3. The molecule has 0 fully saturated rings. The number of benzene rings is 1. The van der Waals surface area contributed by atoms with E-state index in [2.05, 4.69) is 11.2 Å². The number of nitrogens with zero attached hydrogens (tertiary/aromatic N) is 4. The minimum Gasteiger partial charge on any atom is -0.271 e. The first-order chi connectivity index (χ1) is 13.2. The molecule has 2 heterocycles. The van der Waals surface area contributed by atoms with Crippen molar-refractivity contribution in [1.29, 1.82) is 5.26 Å². The fourth-order valence-electron chi connectivity index (χ4n) is 3.51. The molecule has 27 heavy (non-hydrogen) atoms. The van der Waals surface area contributed by atoms with E-state index in [-0.39, 0.29) is 5.91 Å². The van der Waals surface area contributed by atoms with Gasteiger partial charge >= 0.3 is 0 Å². The van der Waals surface area contributed by atoms with Crippen molar-refractivity contribution in [2.75, 3.05) is 5.01 Å². The number of amides is 1. The number of nitriles is 1. The molecule has 136 valence electrons.